The molecule has 0 radical (unpaired) electrons. The molecular formula is C14H21F3N2O2. The van der Waals surface area contributed by atoms with Gasteiger partial charge in [0, 0.05) is 13.0 Å². The highest BCUT2D eigenvalue weighted by molar-refractivity contribution is 5.99. The van der Waals surface area contributed by atoms with E-state index in [1.807, 2.05) is 0 Å². The van der Waals surface area contributed by atoms with Gasteiger partial charge in [-0.15, -0.1) is 0 Å². The highest BCUT2D eigenvalue weighted by Gasteiger charge is 2.51. The van der Waals surface area contributed by atoms with Crippen LogP contribution in [0.4, 0.5) is 13.2 Å². The Hall–Kier alpha value is -1.27. The second-order valence-electron chi connectivity index (χ2n) is 6.12. The molecule has 1 saturated heterocycles. The number of hydrogen-bond donors (Lipinski definition) is 1. The van der Waals surface area contributed by atoms with E-state index in [-0.39, 0.29) is 30.7 Å². The average molecular weight is 306 g/mol. The molecule has 21 heavy (non-hydrogen) atoms. The van der Waals surface area contributed by atoms with Crippen molar-refractivity contribution in [3.8, 4) is 0 Å². The van der Waals surface area contributed by atoms with E-state index < -0.39 is 24.2 Å². The number of nitrogens with zero attached hydrogens (tertiary/aromatic N) is 1. The van der Waals surface area contributed by atoms with Crippen molar-refractivity contribution in [2.24, 2.45) is 5.92 Å². The van der Waals surface area contributed by atoms with Crippen molar-refractivity contribution >= 4 is 11.8 Å². The van der Waals surface area contributed by atoms with Gasteiger partial charge in [-0.1, -0.05) is 6.92 Å². The van der Waals surface area contributed by atoms with E-state index in [2.05, 4.69) is 5.32 Å². The van der Waals surface area contributed by atoms with E-state index in [9.17, 15) is 22.8 Å². The molecule has 0 aromatic rings. The van der Waals surface area contributed by atoms with E-state index in [0.717, 1.165) is 12.8 Å². The van der Waals surface area contributed by atoms with Crippen molar-refractivity contribution in [1.82, 2.24) is 10.2 Å². The van der Waals surface area contributed by atoms with E-state index in [1.54, 1.807) is 13.8 Å². The Bertz CT molecular complexity index is 434. The van der Waals surface area contributed by atoms with Crippen molar-refractivity contribution in [3.63, 3.8) is 0 Å². The number of nitrogens with one attached hydrogen (secondary N) is 1. The van der Waals surface area contributed by atoms with Crippen LogP contribution in [0.5, 0.6) is 0 Å². The minimum atomic E-state index is -4.24. The van der Waals surface area contributed by atoms with Gasteiger partial charge in [-0.3, -0.25) is 9.59 Å². The van der Waals surface area contributed by atoms with Crippen LogP contribution in [0, 0.1) is 5.92 Å². The SMILES string of the molecule is CCC1(C)C(=O)NC(C2CC2)C(=O)N1CCCC(F)(F)F. The molecule has 7 heteroatoms. The number of piperazine rings is 1. The highest BCUT2D eigenvalue weighted by Crippen LogP contribution is 2.37. The monoisotopic (exact) mass is 306 g/mol. The quantitative estimate of drug-likeness (QED) is 0.847. The zero-order chi connectivity index (χ0) is 15.8. The Morgan fingerprint density at radius 3 is 2.43 bits per heavy atom. The van der Waals surface area contributed by atoms with Crippen LogP contribution in [0.2, 0.25) is 0 Å². The smallest absolute Gasteiger partial charge is 0.342 e. The summed E-state index contributed by atoms with van der Waals surface area (Å²) in [5.41, 5.74) is -1.05. The lowest BCUT2D eigenvalue weighted by molar-refractivity contribution is -0.159. The van der Waals surface area contributed by atoms with Gasteiger partial charge in [0.05, 0.1) is 0 Å². The molecule has 4 nitrogen and oxygen atoms in total. The molecule has 2 aliphatic rings. The van der Waals surface area contributed by atoms with Crippen LogP contribution in [-0.2, 0) is 9.59 Å². The molecule has 0 aromatic carbocycles. The molecule has 1 aliphatic heterocycles. The van der Waals surface area contributed by atoms with E-state index >= 15 is 0 Å². The molecular weight excluding hydrogens is 285 g/mol. The third-order valence-corrected chi connectivity index (χ3v) is 4.53. The van der Waals surface area contributed by atoms with Crippen molar-refractivity contribution in [2.75, 3.05) is 6.54 Å². The fourth-order valence-corrected chi connectivity index (χ4v) is 2.79. The Labute approximate surface area is 122 Å². The lowest BCUT2D eigenvalue weighted by atomic mass is 9.89. The van der Waals surface area contributed by atoms with Crippen LogP contribution in [0.25, 0.3) is 0 Å². The first kappa shape index (κ1) is 16.1. The summed E-state index contributed by atoms with van der Waals surface area (Å²) in [7, 11) is 0. The summed E-state index contributed by atoms with van der Waals surface area (Å²) in [6, 6.07) is -0.553. The first-order valence-corrected chi connectivity index (χ1v) is 7.38. The first-order chi connectivity index (χ1) is 9.69. The molecule has 1 aliphatic carbocycles. The van der Waals surface area contributed by atoms with Gasteiger partial charge in [0.25, 0.3) is 0 Å². The van der Waals surface area contributed by atoms with Crippen molar-refractivity contribution in [2.45, 2.75) is 63.7 Å². The van der Waals surface area contributed by atoms with Crippen LogP contribution < -0.4 is 5.32 Å². The van der Waals surface area contributed by atoms with Crippen molar-refractivity contribution < 1.29 is 22.8 Å². The fourth-order valence-electron chi connectivity index (χ4n) is 2.79. The molecule has 120 valence electrons. The number of amides is 2. The predicted molar refractivity (Wildman–Crippen MR) is 70.4 cm³/mol. The standard InChI is InChI=1S/C14H21F3N2O2/c1-3-13(2)12(21)18-10(9-5-6-9)11(20)19(13)8-4-7-14(15,16)17/h9-10H,3-8H2,1-2H3,(H,18,21). The highest BCUT2D eigenvalue weighted by atomic mass is 19.4. The van der Waals surface area contributed by atoms with Gasteiger partial charge in [0.15, 0.2) is 0 Å². The third kappa shape index (κ3) is 3.32. The molecule has 1 saturated carbocycles. The summed E-state index contributed by atoms with van der Waals surface area (Å²) in [6.07, 6.45) is -3.19. The summed E-state index contributed by atoms with van der Waals surface area (Å²) in [5.74, 6) is -0.342. The van der Waals surface area contributed by atoms with Crippen LogP contribution in [-0.4, -0.2) is 41.0 Å². The number of alkyl halides is 3. The molecule has 2 amide bonds. The molecule has 2 atom stereocenters. The maximum atomic E-state index is 12.5. The van der Waals surface area contributed by atoms with Crippen LogP contribution >= 0.6 is 0 Å². The Balaban J connectivity index is 2.10. The molecule has 0 bridgehead atoms. The van der Waals surface area contributed by atoms with Crippen LogP contribution in [0.15, 0.2) is 0 Å². The normalized spacial score (nSPS) is 30.5. The molecule has 0 aromatic heterocycles. The molecule has 2 rings (SSSR count). The van der Waals surface area contributed by atoms with Gasteiger partial charge < -0.3 is 10.2 Å². The number of halogens is 3. The Kier molecular flexibility index (Phi) is 4.22. The summed E-state index contributed by atoms with van der Waals surface area (Å²) in [6.45, 7) is 3.36. The lowest BCUT2D eigenvalue weighted by Crippen LogP contribution is -2.69. The molecule has 2 fully saturated rings. The Morgan fingerprint density at radius 2 is 1.95 bits per heavy atom. The zero-order valence-electron chi connectivity index (χ0n) is 12.3. The fraction of sp³-hybridized carbons (Fsp3) is 0.857. The van der Waals surface area contributed by atoms with E-state index in [1.165, 1.54) is 4.90 Å². The predicted octanol–water partition coefficient (Wildman–Crippen LogP) is 2.23. The minimum Gasteiger partial charge on any atom is -0.342 e. The molecule has 0 spiro atoms. The van der Waals surface area contributed by atoms with Crippen molar-refractivity contribution in [1.29, 1.82) is 0 Å². The van der Waals surface area contributed by atoms with E-state index in [4.69, 9.17) is 0 Å². The lowest BCUT2D eigenvalue weighted by Gasteiger charge is -2.46. The van der Waals surface area contributed by atoms with Gasteiger partial charge in [0.2, 0.25) is 11.8 Å². The summed E-state index contributed by atoms with van der Waals surface area (Å²) in [4.78, 5) is 26.2. The number of hydrogen-bond acceptors (Lipinski definition) is 2. The van der Waals surface area contributed by atoms with Crippen molar-refractivity contribution in [3.05, 3.63) is 0 Å². The van der Waals surface area contributed by atoms with Gasteiger partial charge in [-0.2, -0.15) is 13.2 Å². The number of rotatable bonds is 5. The summed E-state index contributed by atoms with van der Waals surface area (Å²) < 4.78 is 36.9. The topological polar surface area (TPSA) is 49.4 Å². The summed E-state index contributed by atoms with van der Waals surface area (Å²) in [5, 5.41) is 2.75. The minimum absolute atomic E-state index is 0.0284. The molecule has 2 unspecified atom stereocenters. The first-order valence-electron chi connectivity index (χ1n) is 7.38. The van der Waals surface area contributed by atoms with Crippen LogP contribution in [0.1, 0.15) is 46.0 Å². The average Bonchev–Trinajstić information content (AvgIpc) is 3.21. The number of carbonyl (C=O) groups is 2. The van der Waals surface area contributed by atoms with E-state index in [0.29, 0.717) is 6.42 Å². The van der Waals surface area contributed by atoms with Gasteiger partial charge in [0.1, 0.15) is 11.6 Å². The largest absolute Gasteiger partial charge is 0.389 e. The van der Waals surface area contributed by atoms with Gasteiger partial charge in [-0.25, -0.2) is 0 Å². The third-order valence-electron chi connectivity index (χ3n) is 4.53. The second-order valence-corrected chi connectivity index (χ2v) is 6.12. The summed E-state index contributed by atoms with van der Waals surface area (Å²) >= 11 is 0. The van der Waals surface area contributed by atoms with Gasteiger partial charge in [-0.05, 0) is 38.5 Å². The van der Waals surface area contributed by atoms with Crippen LogP contribution in [0.3, 0.4) is 0 Å². The molecule has 1 heterocycles. The number of carbonyl (C=O) groups excluding carboxylic acids is 2. The maximum Gasteiger partial charge on any atom is 0.389 e. The maximum absolute atomic E-state index is 12.5. The van der Waals surface area contributed by atoms with Gasteiger partial charge >= 0.3 is 6.18 Å². The molecule has 1 N–H and O–H groups in total. The second kappa shape index (κ2) is 5.50. The Morgan fingerprint density at radius 1 is 1.33 bits per heavy atom. The zero-order valence-corrected chi connectivity index (χ0v) is 12.3.